The van der Waals surface area contributed by atoms with E-state index in [4.69, 9.17) is 4.74 Å². The van der Waals surface area contributed by atoms with Crippen LogP contribution >= 0.6 is 11.8 Å². The summed E-state index contributed by atoms with van der Waals surface area (Å²) in [5.74, 6) is 1.25. The topological polar surface area (TPSA) is 21.3 Å². The van der Waals surface area contributed by atoms with Gasteiger partial charge in [-0.3, -0.25) is 0 Å². The zero-order valence-electron chi connectivity index (χ0n) is 12.4. The Bertz CT molecular complexity index is 269. The lowest BCUT2D eigenvalue weighted by Gasteiger charge is -2.53. The number of hydrogen-bond donors (Lipinski definition) is 1. The number of nitrogens with one attached hydrogen (secondary N) is 1. The molecule has 0 heterocycles. The van der Waals surface area contributed by atoms with Gasteiger partial charge < -0.3 is 10.1 Å². The lowest BCUT2D eigenvalue weighted by atomic mass is 9.64. The Morgan fingerprint density at radius 1 is 1.28 bits per heavy atom. The minimum Gasteiger partial charge on any atom is -0.378 e. The van der Waals surface area contributed by atoms with E-state index in [1.54, 1.807) is 0 Å². The van der Waals surface area contributed by atoms with Gasteiger partial charge in [0, 0.05) is 29.4 Å². The van der Waals surface area contributed by atoms with Gasteiger partial charge in [0.05, 0.1) is 6.10 Å². The lowest BCUT2D eigenvalue weighted by Crippen LogP contribution is -2.63. The smallest absolute Gasteiger partial charge is 0.0655 e. The van der Waals surface area contributed by atoms with Crippen molar-refractivity contribution < 1.29 is 4.74 Å². The molecule has 18 heavy (non-hydrogen) atoms. The molecular formula is C15H29NOS. The van der Waals surface area contributed by atoms with Gasteiger partial charge in [-0.2, -0.15) is 11.8 Å². The molecule has 2 aliphatic carbocycles. The first-order valence-electron chi connectivity index (χ1n) is 7.58. The van der Waals surface area contributed by atoms with Crippen LogP contribution in [0.4, 0.5) is 0 Å². The van der Waals surface area contributed by atoms with Crippen molar-refractivity contribution >= 4 is 11.8 Å². The Hall–Kier alpha value is 0.270. The van der Waals surface area contributed by atoms with Crippen LogP contribution in [-0.2, 0) is 4.74 Å². The molecular weight excluding hydrogens is 242 g/mol. The van der Waals surface area contributed by atoms with Gasteiger partial charge in [-0.15, -0.1) is 0 Å². The molecule has 0 bridgehead atoms. The minimum atomic E-state index is 0.306. The van der Waals surface area contributed by atoms with E-state index in [9.17, 15) is 0 Å². The van der Waals surface area contributed by atoms with E-state index >= 15 is 0 Å². The fourth-order valence-electron chi connectivity index (χ4n) is 3.44. The molecule has 0 spiro atoms. The maximum Gasteiger partial charge on any atom is 0.0655 e. The van der Waals surface area contributed by atoms with Crippen LogP contribution in [0.2, 0.25) is 0 Å². The average molecular weight is 271 g/mol. The highest BCUT2D eigenvalue weighted by Gasteiger charge is 2.50. The second-order valence-corrected chi connectivity index (χ2v) is 7.77. The van der Waals surface area contributed by atoms with E-state index < -0.39 is 0 Å². The summed E-state index contributed by atoms with van der Waals surface area (Å²) in [7, 11) is 0. The van der Waals surface area contributed by atoms with E-state index in [1.807, 2.05) is 0 Å². The number of thioether (sulfide) groups is 1. The predicted molar refractivity (Wildman–Crippen MR) is 80.3 cm³/mol. The van der Waals surface area contributed by atoms with E-state index in [-0.39, 0.29) is 0 Å². The van der Waals surface area contributed by atoms with Crippen LogP contribution in [0, 0.1) is 5.41 Å². The second kappa shape index (κ2) is 6.15. The largest absolute Gasteiger partial charge is 0.378 e. The van der Waals surface area contributed by atoms with Gasteiger partial charge >= 0.3 is 0 Å². The molecule has 0 aliphatic heterocycles. The molecule has 2 nitrogen and oxygen atoms in total. The molecule has 4 atom stereocenters. The normalized spacial score (nSPS) is 38.7. The van der Waals surface area contributed by atoms with Gasteiger partial charge in [0.25, 0.3) is 0 Å². The molecule has 2 saturated carbocycles. The summed E-state index contributed by atoms with van der Waals surface area (Å²) >= 11 is 2.14. The molecule has 0 saturated heterocycles. The second-order valence-electron chi connectivity index (χ2n) is 6.25. The van der Waals surface area contributed by atoms with Crippen molar-refractivity contribution in [2.75, 3.05) is 12.4 Å². The summed E-state index contributed by atoms with van der Waals surface area (Å²) in [5, 5.41) is 4.77. The third-order valence-electron chi connectivity index (χ3n) is 4.79. The van der Waals surface area contributed by atoms with Crippen molar-refractivity contribution in [3.8, 4) is 0 Å². The van der Waals surface area contributed by atoms with Crippen LogP contribution in [0.15, 0.2) is 0 Å². The first-order chi connectivity index (χ1) is 8.59. The van der Waals surface area contributed by atoms with Crippen molar-refractivity contribution in [2.24, 2.45) is 5.41 Å². The quantitative estimate of drug-likeness (QED) is 0.799. The Morgan fingerprint density at radius 2 is 2.06 bits per heavy atom. The standard InChI is InChI=1S/C15H29NOS/c1-5-17-14-10-13(15(14,3)4)16-11-8-7-9-12(11)18-6-2/h11-14,16H,5-10H2,1-4H3. The Kier molecular flexibility index (Phi) is 5.01. The van der Waals surface area contributed by atoms with Gasteiger partial charge in [-0.25, -0.2) is 0 Å². The molecule has 4 unspecified atom stereocenters. The maximum atomic E-state index is 5.82. The third-order valence-corrected chi connectivity index (χ3v) is 6.12. The minimum absolute atomic E-state index is 0.306. The summed E-state index contributed by atoms with van der Waals surface area (Å²) in [6, 6.07) is 1.39. The molecule has 0 amide bonds. The summed E-state index contributed by atoms with van der Waals surface area (Å²) in [6.45, 7) is 9.93. The molecule has 106 valence electrons. The average Bonchev–Trinajstić information content (AvgIpc) is 2.76. The Balaban J connectivity index is 1.84. The van der Waals surface area contributed by atoms with Crippen molar-refractivity contribution in [3.63, 3.8) is 0 Å². The first kappa shape index (κ1) is 14.7. The van der Waals surface area contributed by atoms with E-state index in [2.05, 4.69) is 44.8 Å². The Morgan fingerprint density at radius 3 is 2.67 bits per heavy atom. The molecule has 0 aromatic rings. The molecule has 0 radical (unpaired) electrons. The predicted octanol–water partition coefficient (Wildman–Crippen LogP) is 3.45. The SMILES string of the molecule is CCOC1CC(NC2CCCC2SCC)C1(C)C. The Labute approximate surface area is 117 Å². The van der Waals surface area contributed by atoms with Gasteiger partial charge in [0.2, 0.25) is 0 Å². The molecule has 3 heteroatoms. The summed E-state index contributed by atoms with van der Waals surface area (Å²) < 4.78 is 5.82. The maximum absolute atomic E-state index is 5.82. The lowest BCUT2D eigenvalue weighted by molar-refractivity contribution is -0.116. The van der Waals surface area contributed by atoms with Gasteiger partial charge in [-0.1, -0.05) is 27.2 Å². The molecule has 0 aromatic carbocycles. The number of rotatable bonds is 6. The van der Waals surface area contributed by atoms with E-state index in [0.29, 0.717) is 17.6 Å². The highest BCUT2D eigenvalue weighted by atomic mass is 32.2. The van der Waals surface area contributed by atoms with Crippen LogP contribution in [0.1, 0.15) is 53.4 Å². The van der Waals surface area contributed by atoms with Crippen LogP contribution in [0.3, 0.4) is 0 Å². The highest BCUT2D eigenvalue weighted by molar-refractivity contribution is 7.99. The van der Waals surface area contributed by atoms with Crippen LogP contribution in [-0.4, -0.2) is 35.8 Å². The zero-order chi connectivity index (χ0) is 13.2. The van der Waals surface area contributed by atoms with Crippen molar-refractivity contribution in [3.05, 3.63) is 0 Å². The van der Waals surface area contributed by atoms with Crippen molar-refractivity contribution in [1.82, 2.24) is 5.32 Å². The molecule has 0 aromatic heterocycles. The van der Waals surface area contributed by atoms with Crippen molar-refractivity contribution in [2.45, 2.75) is 76.8 Å². The van der Waals surface area contributed by atoms with Crippen LogP contribution in [0.5, 0.6) is 0 Å². The first-order valence-corrected chi connectivity index (χ1v) is 8.63. The van der Waals surface area contributed by atoms with Crippen LogP contribution < -0.4 is 5.32 Å². The highest BCUT2D eigenvalue weighted by Crippen LogP contribution is 2.44. The van der Waals surface area contributed by atoms with Crippen molar-refractivity contribution in [1.29, 1.82) is 0 Å². The number of ether oxygens (including phenoxy) is 1. The fourth-order valence-corrected chi connectivity index (χ4v) is 4.65. The monoisotopic (exact) mass is 271 g/mol. The van der Waals surface area contributed by atoms with E-state index in [1.165, 1.54) is 31.4 Å². The third kappa shape index (κ3) is 2.88. The van der Waals surface area contributed by atoms with Crippen LogP contribution in [0.25, 0.3) is 0 Å². The van der Waals surface area contributed by atoms with Gasteiger partial charge in [0.1, 0.15) is 0 Å². The zero-order valence-corrected chi connectivity index (χ0v) is 13.2. The fraction of sp³-hybridized carbons (Fsp3) is 1.00. The number of hydrogen-bond acceptors (Lipinski definition) is 3. The van der Waals surface area contributed by atoms with Gasteiger partial charge in [0.15, 0.2) is 0 Å². The summed E-state index contributed by atoms with van der Waals surface area (Å²) in [6.07, 6.45) is 5.82. The summed E-state index contributed by atoms with van der Waals surface area (Å²) in [4.78, 5) is 0. The summed E-state index contributed by atoms with van der Waals surface area (Å²) in [5.41, 5.74) is 0.306. The molecule has 2 rings (SSSR count). The van der Waals surface area contributed by atoms with E-state index in [0.717, 1.165) is 17.9 Å². The molecule has 1 N–H and O–H groups in total. The molecule has 2 fully saturated rings. The van der Waals surface area contributed by atoms with Gasteiger partial charge in [-0.05, 0) is 31.9 Å². The molecule has 2 aliphatic rings.